The van der Waals surface area contributed by atoms with E-state index in [-0.39, 0.29) is 23.2 Å². The minimum atomic E-state index is -0.00133. The summed E-state index contributed by atoms with van der Waals surface area (Å²) in [5.74, 6) is 0.360. The number of rotatable bonds is 8. The first-order valence-electron chi connectivity index (χ1n) is 11.9. The van der Waals surface area contributed by atoms with Gasteiger partial charge < -0.3 is 9.30 Å². The van der Waals surface area contributed by atoms with Crippen LogP contribution in [-0.4, -0.2) is 38.4 Å². The highest BCUT2D eigenvalue weighted by molar-refractivity contribution is 7.99. The third-order valence-electron chi connectivity index (χ3n) is 6.87. The van der Waals surface area contributed by atoms with Crippen molar-refractivity contribution in [1.82, 2.24) is 14.1 Å². The summed E-state index contributed by atoms with van der Waals surface area (Å²) in [6.45, 7) is 9.49. The van der Waals surface area contributed by atoms with Crippen molar-refractivity contribution < 1.29 is 9.53 Å². The summed E-state index contributed by atoms with van der Waals surface area (Å²) in [5.41, 5.74) is 4.09. The summed E-state index contributed by atoms with van der Waals surface area (Å²) < 4.78 is 9.89. The van der Waals surface area contributed by atoms with Gasteiger partial charge in [-0.1, -0.05) is 18.7 Å². The zero-order valence-electron chi connectivity index (χ0n) is 19.8. The Morgan fingerprint density at radius 2 is 2.06 bits per heavy atom. The molecule has 0 radical (unpaired) electrons. The lowest BCUT2D eigenvalue weighted by atomic mass is 10.1. The van der Waals surface area contributed by atoms with E-state index in [1.165, 1.54) is 24.6 Å². The summed E-state index contributed by atoms with van der Waals surface area (Å²) in [6.07, 6.45) is 5.19. The Morgan fingerprint density at radius 3 is 2.73 bits per heavy atom. The molecule has 6 nitrogen and oxygen atoms in total. The lowest BCUT2D eigenvalue weighted by Gasteiger charge is -2.16. The second-order valence-electron chi connectivity index (χ2n) is 9.21. The van der Waals surface area contributed by atoms with E-state index in [0.717, 1.165) is 63.5 Å². The van der Waals surface area contributed by atoms with Crippen LogP contribution in [0.1, 0.15) is 70.8 Å². The molecule has 1 aliphatic heterocycles. The molecule has 5 rings (SSSR count). The van der Waals surface area contributed by atoms with Crippen LogP contribution in [0.15, 0.2) is 16.0 Å². The first-order chi connectivity index (χ1) is 15.9. The predicted octanol–water partition coefficient (Wildman–Crippen LogP) is 5.24. The molecule has 3 aromatic rings. The van der Waals surface area contributed by atoms with Crippen molar-refractivity contribution in [3.8, 4) is 0 Å². The Hall–Kier alpha value is -1.90. The zero-order chi connectivity index (χ0) is 23.3. The van der Waals surface area contributed by atoms with Crippen LogP contribution in [-0.2, 0) is 17.7 Å². The highest BCUT2D eigenvalue weighted by atomic mass is 32.2. The van der Waals surface area contributed by atoms with Gasteiger partial charge in [0.1, 0.15) is 4.83 Å². The number of hydrogen-bond donors (Lipinski definition) is 0. The van der Waals surface area contributed by atoms with Crippen LogP contribution < -0.4 is 5.56 Å². The molecule has 0 bridgehead atoms. The molecule has 1 saturated heterocycles. The number of thioether (sulfide) groups is 1. The third kappa shape index (κ3) is 4.21. The van der Waals surface area contributed by atoms with Crippen LogP contribution in [0, 0.1) is 20.8 Å². The minimum absolute atomic E-state index is 0.00133. The summed E-state index contributed by atoms with van der Waals surface area (Å²) in [4.78, 5) is 33.6. The standard InChI is InChI=1S/C25H31N3O3S2/c1-5-19-16(4)33-23-22(19)24(30)27(12-18-7-6-10-31-18)25(26-23)32-13-21(29)20-11-14(2)28(15(20)3)17-8-9-17/h11,17-18H,5-10,12-13H2,1-4H3. The van der Waals surface area contributed by atoms with Crippen LogP contribution in [0.4, 0.5) is 0 Å². The van der Waals surface area contributed by atoms with Gasteiger partial charge in [-0.15, -0.1) is 11.3 Å². The average molecular weight is 486 g/mol. The fraction of sp³-hybridized carbons (Fsp3) is 0.560. The Bertz CT molecular complexity index is 1280. The van der Waals surface area contributed by atoms with Crippen molar-refractivity contribution in [3.63, 3.8) is 0 Å². The quantitative estimate of drug-likeness (QED) is 0.248. The number of carbonyl (C=O) groups is 1. The molecule has 2 aliphatic rings. The van der Waals surface area contributed by atoms with Crippen LogP contribution in [0.5, 0.6) is 0 Å². The SMILES string of the molecule is CCc1c(C)sc2nc(SCC(=O)c3cc(C)n(C4CC4)c3C)n(CC3CCCO3)c(=O)c12. The molecule has 0 N–H and O–H groups in total. The molecule has 4 heterocycles. The average Bonchev–Trinajstić information content (AvgIpc) is 3.23. The van der Waals surface area contributed by atoms with Gasteiger partial charge in [-0.2, -0.15) is 0 Å². The fourth-order valence-corrected chi connectivity index (χ4v) is 7.13. The van der Waals surface area contributed by atoms with Crippen LogP contribution in [0.2, 0.25) is 0 Å². The summed E-state index contributed by atoms with van der Waals surface area (Å²) >= 11 is 2.95. The van der Waals surface area contributed by atoms with Gasteiger partial charge in [0.25, 0.3) is 5.56 Å². The fourth-order valence-electron chi connectivity index (χ4n) is 5.08. The normalized spacial score (nSPS) is 18.5. The van der Waals surface area contributed by atoms with Gasteiger partial charge in [-0.25, -0.2) is 4.98 Å². The van der Waals surface area contributed by atoms with Gasteiger partial charge in [0.05, 0.1) is 23.8 Å². The number of fused-ring (bicyclic) bond motifs is 1. The van der Waals surface area contributed by atoms with Crippen LogP contribution in [0.25, 0.3) is 10.2 Å². The maximum absolute atomic E-state index is 13.6. The summed E-state index contributed by atoms with van der Waals surface area (Å²) in [5, 5.41) is 1.36. The maximum atomic E-state index is 13.6. The first-order valence-corrected chi connectivity index (χ1v) is 13.7. The van der Waals surface area contributed by atoms with Gasteiger partial charge >= 0.3 is 0 Å². The number of ketones is 1. The molecule has 1 unspecified atom stereocenters. The molecule has 1 saturated carbocycles. The van der Waals surface area contributed by atoms with Crippen molar-refractivity contribution >= 4 is 39.1 Å². The van der Waals surface area contributed by atoms with E-state index in [4.69, 9.17) is 9.72 Å². The number of nitrogens with zero attached hydrogens (tertiary/aromatic N) is 3. The Labute approximate surface area is 202 Å². The number of Topliss-reactive ketones (excluding diaryl/α,β-unsaturated/α-hetero) is 1. The van der Waals surface area contributed by atoms with Crippen molar-refractivity contribution in [2.24, 2.45) is 0 Å². The maximum Gasteiger partial charge on any atom is 0.263 e. The summed E-state index contributed by atoms with van der Waals surface area (Å²) in [6, 6.07) is 2.57. The monoisotopic (exact) mass is 485 g/mol. The van der Waals surface area contributed by atoms with E-state index in [2.05, 4.69) is 25.3 Å². The van der Waals surface area contributed by atoms with E-state index in [1.54, 1.807) is 15.9 Å². The lowest BCUT2D eigenvalue weighted by molar-refractivity contribution is 0.0937. The van der Waals surface area contributed by atoms with Crippen LogP contribution >= 0.6 is 23.1 Å². The molecule has 0 spiro atoms. The van der Waals surface area contributed by atoms with E-state index < -0.39 is 0 Å². The van der Waals surface area contributed by atoms with E-state index in [9.17, 15) is 9.59 Å². The highest BCUT2D eigenvalue weighted by Crippen LogP contribution is 2.38. The van der Waals surface area contributed by atoms with E-state index >= 15 is 0 Å². The number of carbonyl (C=O) groups excluding carboxylic acids is 1. The second kappa shape index (κ2) is 9.04. The largest absolute Gasteiger partial charge is 0.376 e. The topological polar surface area (TPSA) is 66.1 Å². The van der Waals surface area contributed by atoms with Gasteiger partial charge in [-0.3, -0.25) is 14.2 Å². The number of ether oxygens (including phenoxy) is 1. The van der Waals surface area contributed by atoms with E-state index in [0.29, 0.717) is 17.7 Å². The van der Waals surface area contributed by atoms with E-state index in [1.807, 2.05) is 13.0 Å². The Balaban J connectivity index is 1.47. The molecule has 8 heteroatoms. The van der Waals surface area contributed by atoms with Crippen molar-refractivity contribution in [2.75, 3.05) is 12.4 Å². The molecule has 0 aromatic carbocycles. The predicted molar refractivity (Wildman–Crippen MR) is 134 cm³/mol. The number of hydrogen-bond acceptors (Lipinski definition) is 6. The Morgan fingerprint density at radius 1 is 1.27 bits per heavy atom. The number of aryl methyl sites for hydroxylation is 3. The molecule has 1 aliphatic carbocycles. The van der Waals surface area contributed by atoms with Gasteiger partial charge in [0.2, 0.25) is 0 Å². The molecule has 1 atom stereocenters. The Kier molecular flexibility index (Phi) is 6.27. The van der Waals surface area contributed by atoms with Gasteiger partial charge in [0, 0.05) is 34.5 Å². The highest BCUT2D eigenvalue weighted by Gasteiger charge is 2.29. The van der Waals surface area contributed by atoms with Gasteiger partial charge in [0.15, 0.2) is 10.9 Å². The second-order valence-corrected chi connectivity index (χ2v) is 11.4. The van der Waals surface area contributed by atoms with Crippen molar-refractivity contribution in [1.29, 1.82) is 0 Å². The molecule has 33 heavy (non-hydrogen) atoms. The molecular weight excluding hydrogens is 454 g/mol. The smallest absolute Gasteiger partial charge is 0.263 e. The number of thiophene rings is 1. The van der Waals surface area contributed by atoms with Crippen LogP contribution in [0.3, 0.4) is 0 Å². The molecular formula is C25H31N3O3S2. The van der Waals surface area contributed by atoms with Crippen molar-refractivity contribution in [3.05, 3.63) is 43.8 Å². The van der Waals surface area contributed by atoms with Crippen molar-refractivity contribution in [2.45, 2.75) is 83.6 Å². The molecule has 2 fully saturated rings. The summed E-state index contributed by atoms with van der Waals surface area (Å²) in [7, 11) is 0. The lowest BCUT2D eigenvalue weighted by Crippen LogP contribution is -2.29. The first kappa shape index (κ1) is 22.9. The molecule has 3 aromatic heterocycles. The number of aromatic nitrogens is 3. The third-order valence-corrected chi connectivity index (χ3v) is 8.89. The molecule has 176 valence electrons. The minimum Gasteiger partial charge on any atom is -0.376 e. The molecule has 0 amide bonds. The van der Waals surface area contributed by atoms with Gasteiger partial charge in [-0.05, 0) is 64.5 Å². The zero-order valence-corrected chi connectivity index (χ0v) is 21.4.